The highest BCUT2D eigenvalue weighted by Crippen LogP contribution is 2.27. The van der Waals surface area contributed by atoms with Gasteiger partial charge in [-0.3, -0.25) is 4.79 Å². The Labute approximate surface area is 183 Å². The van der Waals surface area contributed by atoms with E-state index in [0.717, 1.165) is 24.1 Å². The summed E-state index contributed by atoms with van der Waals surface area (Å²) in [7, 11) is -3.22. The van der Waals surface area contributed by atoms with Gasteiger partial charge in [0, 0.05) is 25.3 Å². The SMILES string of the molecule is CCN(CCNS(C)(=O)=O)c1ccc(N=C2C(=O)N(c3ccccc3)N=C2C)c(C)c1. The van der Waals surface area contributed by atoms with Gasteiger partial charge in [0.1, 0.15) is 0 Å². The molecule has 8 nitrogen and oxygen atoms in total. The van der Waals surface area contributed by atoms with Gasteiger partial charge in [-0.25, -0.2) is 18.1 Å². The number of aliphatic imine (C=N–C) groups is 1. The molecule has 3 rings (SSSR count). The Bertz CT molecular complexity index is 1130. The number of hydrogen-bond donors (Lipinski definition) is 1. The van der Waals surface area contributed by atoms with Crippen LogP contribution in [0.5, 0.6) is 0 Å². The molecule has 0 bridgehead atoms. The van der Waals surface area contributed by atoms with Crippen molar-refractivity contribution in [2.24, 2.45) is 10.1 Å². The summed E-state index contributed by atoms with van der Waals surface area (Å²) in [4.78, 5) is 19.5. The van der Waals surface area contributed by atoms with Crippen molar-refractivity contribution in [3.05, 3.63) is 54.1 Å². The van der Waals surface area contributed by atoms with Crippen LogP contribution in [0.1, 0.15) is 19.4 Å². The number of hydrazone groups is 1. The number of rotatable bonds is 8. The van der Waals surface area contributed by atoms with Crippen LogP contribution in [-0.2, 0) is 14.8 Å². The Balaban J connectivity index is 1.79. The number of likely N-dealkylation sites (N-methyl/N-ethyl adjacent to an activating group) is 1. The first kappa shape index (κ1) is 22.6. The van der Waals surface area contributed by atoms with Crippen LogP contribution in [0.2, 0.25) is 0 Å². The number of carbonyl (C=O) groups excluding carboxylic acids is 1. The number of aryl methyl sites for hydroxylation is 1. The van der Waals surface area contributed by atoms with Crippen LogP contribution in [0.25, 0.3) is 0 Å². The Morgan fingerprint density at radius 3 is 2.45 bits per heavy atom. The summed E-state index contributed by atoms with van der Waals surface area (Å²) in [6, 6.07) is 15.0. The van der Waals surface area contributed by atoms with Crippen molar-refractivity contribution in [2.75, 3.05) is 35.8 Å². The van der Waals surface area contributed by atoms with Gasteiger partial charge in [-0.05, 0) is 56.7 Å². The third-order valence-corrected chi connectivity index (χ3v) is 5.62. The minimum Gasteiger partial charge on any atom is -0.370 e. The molecular weight excluding hydrogens is 414 g/mol. The fourth-order valence-corrected chi connectivity index (χ4v) is 3.75. The molecule has 1 amide bonds. The van der Waals surface area contributed by atoms with Gasteiger partial charge in [0.05, 0.1) is 23.3 Å². The molecule has 0 saturated heterocycles. The van der Waals surface area contributed by atoms with Gasteiger partial charge in [0.2, 0.25) is 10.0 Å². The molecule has 0 fully saturated rings. The number of anilines is 2. The van der Waals surface area contributed by atoms with E-state index in [1.54, 1.807) is 6.92 Å². The second kappa shape index (κ2) is 9.40. The van der Waals surface area contributed by atoms with E-state index < -0.39 is 10.0 Å². The molecule has 9 heteroatoms. The molecule has 0 saturated carbocycles. The van der Waals surface area contributed by atoms with Crippen molar-refractivity contribution in [3.63, 3.8) is 0 Å². The average molecular weight is 442 g/mol. The summed E-state index contributed by atoms with van der Waals surface area (Å²) in [6.07, 6.45) is 1.15. The lowest BCUT2D eigenvalue weighted by molar-refractivity contribution is -0.112. The normalized spacial score (nSPS) is 15.5. The fraction of sp³-hybridized carbons (Fsp3) is 0.318. The van der Waals surface area contributed by atoms with E-state index in [0.29, 0.717) is 35.9 Å². The first-order valence-electron chi connectivity index (χ1n) is 10.0. The molecule has 0 unspecified atom stereocenters. The van der Waals surface area contributed by atoms with Crippen molar-refractivity contribution in [1.29, 1.82) is 0 Å². The van der Waals surface area contributed by atoms with Gasteiger partial charge in [-0.2, -0.15) is 10.1 Å². The van der Waals surface area contributed by atoms with Gasteiger partial charge in [-0.15, -0.1) is 0 Å². The summed E-state index contributed by atoms with van der Waals surface area (Å²) < 4.78 is 25.1. The van der Waals surface area contributed by atoms with E-state index in [-0.39, 0.29) is 5.91 Å². The predicted octanol–water partition coefficient (Wildman–Crippen LogP) is 2.87. The lowest BCUT2D eigenvalue weighted by Crippen LogP contribution is -2.34. The summed E-state index contributed by atoms with van der Waals surface area (Å²) in [5, 5.41) is 5.73. The summed E-state index contributed by atoms with van der Waals surface area (Å²) in [6.45, 7) is 7.33. The molecule has 1 heterocycles. The zero-order valence-electron chi connectivity index (χ0n) is 18.2. The van der Waals surface area contributed by atoms with Crippen LogP contribution in [-0.4, -0.2) is 51.6 Å². The number of carbonyl (C=O) groups is 1. The molecule has 0 atom stereocenters. The zero-order valence-corrected chi connectivity index (χ0v) is 19.0. The topological polar surface area (TPSA) is 94.4 Å². The highest BCUT2D eigenvalue weighted by Gasteiger charge is 2.30. The van der Waals surface area contributed by atoms with E-state index in [1.165, 1.54) is 5.01 Å². The lowest BCUT2D eigenvalue weighted by Gasteiger charge is -2.24. The van der Waals surface area contributed by atoms with Crippen molar-refractivity contribution in [2.45, 2.75) is 20.8 Å². The van der Waals surface area contributed by atoms with Crippen molar-refractivity contribution < 1.29 is 13.2 Å². The maximum absolute atomic E-state index is 12.9. The highest BCUT2D eigenvalue weighted by atomic mass is 32.2. The summed E-state index contributed by atoms with van der Waals surface area (Å²) >= 11 is 0. The predicted molar refractivity (Wildman–Crippen MR) is 126 cm³/mol. The molecule has 1 aliphatic heterocycles. The van der Waals surface area contributed by atoms with Crippen LogP contribution in [0.15, 0.2) is 58.6 Å². The third kappa shape index (κ3) is 5.56. The van der Waals surface area contributed by atoms with E-state index in [1.807, 2.05) is 62.4 Å². The maximum Gasteiger partial charge on any atom is 0.299 e. The second-order valence-corrected chi connectivity index (χ2v) is 9.15. The average Bonchev–Trinajstić information content (AvgIpc) is 3.01. The van der Waals surface area contributed by atoms with Crippen LogP contribution >= 0.6 is 0 Å². The van der Waals surface area contributed by atoms with Crippen LogP contribution in [0.4, 0.5) is 17.1 Å². The maximum atomic E-state index is 12.9. The molecule has 2 aromatic carbocycles. The number of benzene rings is 2. The molecule has 0 radical (unpaired) electrons. The lowest BCUT2D eigenvalue weighted by atomic mass is 10.1. The number of nitrogens with one attached hydrogen (secondary N) is 1. The van der Waals surface area contributed by atoms with Gasteiger partial charge < -0.3 is 4.90 Å². The molecule has 0 aliphatic carbocycles. The Morgan fingerprint density at radius 1 is 1.13 bits per heavy atom. The first-order chi connectivity index (χ1) is 14.7. The summed E-state index contributed by atoms with van der Waals surface area (Å²) in [5.41, 5.74) is 4.17. The van der Waals surface area contributed by atoms with E-state index >= 15 is 0 Å². The quantitative estimate of drug-likeness (QED) is 0.682. The molecule has 31 heavy (non-hydrogen) atoms. The van der Waals surface area contributed by atoms with Crippen LogP contribution < -0.4 is 14.6 Å². The van der Waals surface area contributed by atoms with E-state index in [4.69, 9.17) is 0 Å². The van der Waals surface area contributed by atoms with Gasteiger partial charge >= 0.3 is 0 Å². The van der Waals surface area contributed by atoms with E-state index in [9.17, 15) is 13.2 Å². The Kier molecular flexibility index (Phi) is 6.87. The van der Waals surface area contributed by atoms with Crippen molar-refractivity contribution in [3.8, 4) is 0 Å². The Morgan fingerprint density at radius 2 is 1.84 bits per heavy atom. The number of nitrogens with zero attached hydrogens (tertiary/aromatic N) is 4. The fourth-order valence-electron chi connectivity index (χ4n) is 3.29. The standard InChI is InChI=1S/C22H27N5O3S/c1-5-26(14-13-23-31(4,29)30)19-11-12-20(16(2)15-19)24-21-17(3)25-27(22(21)28)18-9-7-6-8-10-18/h6-12,15,23H,5,13-14H2,1-4H3. The van der Waals surface area contributed by atoms with Crippen LogP contribution in [0.3, 0.4) is 0 Å². The number of hydrogen-bond acceptors (Lipinski definition) is 6. The number of amides is 1. The molecule has 1 aliphatic rings. The smallest absolute Gasteiger partial charge is 0.299 e. The van der Waals surface area contributed by atoms with Gasteiger partial charge in [-0.1, -0.05) is 18.2 Å². The van der Waals surface area contributed by atoms with Crippen molar-refractivity contribution in [1.82, 2.24) is 4.72 Å². The Hall–Kier alpha value is -3.04. The molecule has 1 N–H and O–H groups in total. The highest BCUT2D eigenvalue weighted by molar-refractivity contribution is 7.88. The van der Waals surface area contributed by atoms with Crippen molar-refractivity contribution >= 4 is 44.4 Å². The monoisotopic (exact) mass is 441 g/mol. The molecule has 164 valence electrons. The number of sulfonamides is 1. The summed E-state index contributed by atoms with van der Waals surface area (Å²) in [5.74, 6) is -0.255. The second-order valence-electron chi connectivity index (χ2n) is 7.32. The minimum atomic E-state index is -3.22. The van der Waals surface area contributed by atoms with Gasteiger partial charge in [0.25, 0.3) is 5.91 Å². The largest absolute Gasteiger partial charge is 0.370 e. The number of para-hydroxylation sites is 1. The first-order valence-corrected chi connectivity index (χ1v) is 11.9. The third-order valence-electron chi connectivity index (χ3n) is 4.89. The molecule has 0 spiro atoms. The molecule has 2 aromatic rings. The molecule has 0 aromatic heterocycles. The van der Waals surface area contributed by atoms with Crippen LogP contribution in [0, 0.1) is 6.92 Å². The van der Waals surface area contributed by atoms with E-state index in [2.05, 4.69) is 19.7 Å². The molecular formula is C22H27N5O3S. The minimum absolute atomic E-state index is 0.255. The van der Waals surface area contributed by atoms with Gasteiger partial charge in [0.15, 0.2) is 5.71 Å². The zero-order chi connectivity index (χ0) is 22.6.